The molecule has 2 heteroatoms. The maximum atomic E-state index is 12.1. The average molecular weight is 193 g/mol. The first-order valence-electron chi connectivity index (χ1n) is 5.32. The van der Waals surface area contributed by atoms with Crippen molar-refractivity contribution >= 4 is 5.78 Å². The van der Waals surface area contributed by atoms with E-state index in [0.29, 0.717) is 5.78 Å². The first kappa shape index (κ1) is 9.91. The summed E-state index contributed by atoms with van der Waals surface area (Å²) in [5, 5.41) is 0. The van der Waals surface area contributed by atoms with Crippen molar-refractivity contribution in [2.75, 3.05) is 7.05 Å². The molecule has 0 spiro atoms. The molecule has 0 saturated carbocycles. The molecule has 0 unspecified atom stereocenters. The van der Waals surface area contributed by atoms with Gasteiger partial charge < -0.3 is 0 Å². The van der Waals surface area contributed by atoms with E-state index < -0.39 is 0 Å². The van der Waals surface area contributed by atoms with Gasteiger partial charge >= 0.3 is 0 Å². The zero-order valence-corrected chi connectivity index (χ0v) is 9.66. The SMILES string of the molecule is C[C@@H]1C(=O)[C@H](C)[C@]2(C)C=C[C@@]1(C)N2C. The molecule has 2 nitrogen and oxygen atoms in total. The van der Waals surface area contributed by atoms with Crippen molar-refractivity contribution in [3.8, 4) is 0 Å². The van der Waals surface area contributed by atoms with E-state index in [-0.39, 0.29) is 22.9 Å². The zero-order chi connectivity index (χ0) is 10.7. The van der Waals surface area contributed by atoms with Crippen molar-refractivity contribution in [1.29, 1.82) is 0 Å². The normalized spacial score (nSPS) is 52.8. The van der Waals surface area contributed by atoms with Crippen molar-refractivity contribution in [1.82, 2.24) is 4.90 Å². The van der Waals surface area contributed by atoms with E-state index in [1.807, 2.05) is 13.8 Å². The summed E-state index contributed by atoms with van der Waals surface area (Å²) in [5.74, 6) is 0.613. The van der Waals surface area contributed by atoms with Crippen LogP contribution in [0.3, 0.4) is 0 Å². The van der Waals surface area contributed by atoms with E-state index in [2.05, 4.69) is 37.9 Å². The van der Waals surface area contributed by atoms with Gasteiger partial charge in [0.1, 0.15) is 5.78 Å². The van der Waals surface area contributed by atoms with Crippen LogP contribution >= 0.6 is 0 Å². The number of hydrogen-bond acceptors (Lipinski definition) is 2. The van der Waals surface area contributed by atoms with Crippen molar-refractivity contribution in [2.24, 2.45) is 11.8 Å². The molecule has 0 aliphatic carbocycles. The first-order valence-corrected chi connectivity index (χ1v) is 5.32. The lowest BCUT2D eigenvalue weighted by molar-refractivity contribution is -0.141. The quantitative estimate of drug-likeness (QED) is 0.547. The molecule has 1 fully saturated rings. The minimum absolute atomic E-state index is 0.0711. The maximum absolute atomic E-state index is 12.1. The number of likely N-dealkylation sites (N-methyl/N-ethyl adjacent to an activating group) is 1. The molecule has 2 bridgehead atoms. The van der Waals surface area contributed by atoms with Gasteiger partial charge in [0.15, 0.2) is 0 Å². The van der Waals surface area contributed by atoms with Gasteiger partial charge in [-0.05, 0) is 20.9 Å². The van der Waals surface area contributed by atoms with Crippen LogP contribution in [0.4, 0.5) is 0 Å². The standard InChI is InChI=1S/C12H19NO/c1-8-10(14)9(2)12(4)7-6-11(8,3)13(12)5/h6-9H,1-5H3/t8-,9+,11-,12+. The molecular formula is C12H19NO. The monoisotopic (exact) mass is 193 g/mol. The van der Waals surface area contributed by atoms with Crippen LogP contribution in [0, 0.1) is 11.8 Å². The minimum atomic E-state index is -0.0711. The molecule has 0 radical (unpaired) electrons. The summed E-state index contributed by atoms with van der Waals surface area (Å²) in [6, 6.07) is 0. The molecule has 2 aliphatic rings. The molecule has 2 heterocycles. The Morgan fingerprint density at radius 2 is 1.50 bits per heavy atom. The van der Waals surface area contributed by atoms with Crippen molar-refractivity contribution in [3.63, 3.8) is 0 Å². The Hall–Kier alpha value is -0.630. The number of piperidine rings is 1. The van der Waals surface area contributed by atoms with Crippen molar-refractivity contribution in [3.05, 3.63) is 12.2 Å². The average Bonchev–Trinajstić information content (AvgIpc) is 2.38. The van der Waals surface area contributed by atoms with Crippen molar-refractivity contribution < 1.29 is 4.79 Å². The zero-order valence-electron chi connectivity index (χ0n) is 9.66. The van der Waals surface area contributed by atoms with Crippen LogP contribution in [0.1, 0.15) is 27.7 Å². The molecule has 2 rings (SSSR count). The minimum Gasteiger partial charge on any atom is -0.299 e. The van der Waals surface area contributed by atoms with E-state index in [1.54, 1.807) is 0 Å². The van der Waals surface area contributed by atoms with Crippen LogP contribution in [0.25, 0.3) is 0 Å². The number of Topliss-reactive ketones (excluding diaryl/α,β-unsaturated/α-hetero) is 1. The third kappa shape index (κ3) is 0.830. The van der Waals surface area contributed by atoms with E-state index in [9.17, 15) is 4.79 Å². The molecule has 0 aromatic rings. The van der Waals surface area contributed by atoms with Gasteiger partial charge in [-0.2, -0.15) is 0 Å². The number of hydrogen-bond donors (Lipinski definition) is 0. The summed E-state index contributed by atoms with van der Waals surface area (Å²) in [4.78, 5) is 14.4. The van der Waals surface area contributed by atoms with Crippen LogP contribution in [-0.2, 0) is 4.79 Å². The summed E-state index contributed by atoms with van der Waals surface area (Å²) in [6.07, 6.45) is 4.41. The number of fused-ring (bicyclic) bond motifs is 2. The van der Waals surface area contributed by atoms with Crippen LogP contribution in [-0.4, -0.2) is 28.8 Å². The topological polar surface area (TPSA) is 20.3 Å². The van der Waals surface area contributed by atoms with Gasteiger partial charge in [-0.25, -0.2) is 0 Å². The van der Waals surface area contributed by atoms with Gasteiger partial charge in [0.05, 0.1) is 0 Å². The fraction of sp³-hybridized carbons (Fsp3) is 0.750. The number of ketones is 1. The van der Waals surface area contributed by atoms with Gasteiger partial charge in [-0.15, -0.1) is 0 Å². The van der Waals surface area contributed by atoms with Crippen LogP contribution in [0.15, 0.2) is 12.2 Å². The Labute approximate surface area is 86.0 Å². The molecule has 78 valence electrons. The Kier molecular flexibility index (Phi) is 1.76. The Morgan fingerprint density at radius 3 is 1.86 bits per heavy atom. The van der Waals surface area contributed by atoms with Crippen molar-refractivity contribution in [2.45, 2.75) is 38.8 Å². The number of rotatable bonds is 0. The second-order valence-corrected chi connectivity index (χ2v) is 5.19. The molecule has 14 heavy (non-hydrogen) atoms. The highest BCUT2D eigenvalue weighted by molar-refractivity contribution is 5.88. The fourth-order valence-corrected chi connectivity index (χ4v) is 2.90. The lowest BCUT2D eigenvalue weighted by Crippen LogP contribution is -2.64. The highest BCUT2D eigenvalue weighted by atomic mass is 16.1. The fourth-order valence-electron chi connectivity index (χ4n) is 2.90. The molecule has 2 aliphatic heterocycles. The number of nitrogens with zero attached hydrogens (tertiary/aromatic N) is 1. The maximum Gasteiger partial charge on any atom is 0.142 e. The smallest absolute Gasteiger partial charge is 0.142 e. The predicted octanol–water partition coefficient (Wildman–Crippen LogP) is 1.86. The molecule has 0 aromatic heterocycles. The summed E-state index contributed by atoms with van der Waals surface area (Å²) in [5.41, 5.74) is -0.142. The Balaban J connectivity index is 2.54. The Morgan fingerprint density at radius 1 is 1.14 bits per heavy atom. The second kappa shape index (κ2) is 2.48. The highest BCUT2D eigenvalue weighted by Crippen LogP contribution is 2.48. The van der Waals surface area contributed by atoms with Gasteiger partial charge in [0.25, 0.3) is 0 Å². The van der Waals surface area contributed by atoms with Crippen LogP contribution < -0.4 is 0 Å². The summed E-state index contributed by atoms with van der Waals surface area (Å²) < 4.78 is 0. The van der Waals surface area contributed by atoms with E-state index in [4.69, 9.17) is 0 Å². The van der Waals surface area contributed by atoms with E-state index in [0.717, 1.165) is 0 Å². The summed E-state index contributed by atoms with van der Waals surface area (Å²) >= 11 is 0. The Bertz CT molecular complexity index is 294. The van der Waals surface area contributed by atoms with Gasteiger partial charge in [-0.3, -0.25) is 9.69 Å². The van der Waals surface area contributed by atoms with Gasteiger partial charge in [0, 0.05) is 22.9 Å². The first-order chi connectivity index (χ1) is 6.34. The van der Waals surface area contributed by atoms with Gasteiger partial charge in [0.2, 0.25) is 0 Å². The molecule has 0 N–H and O–H groups in total. The molecule has 1 saturated heterocycles. The molecular weight excluding hydrogens is 174 g/mol. The van der Waals surface area contributed by atoms with E-state index in [1.165, 1.54) is 0 Å². The second-order valence-electron chi connectivity index (χ2n) is 5.19. The number of carbonyl (C=O) groups excluding carboxylic acids is 1. The largest absolute Gasteiger partial charge is 0.299 e. The van der Waals surface area contributed by atoms with Gasteiger partial charge in [-0.1, -0.05) is 26.0 Å². The third-order valence-electron chi connectivity index (χ3n) is 4.81. The van der Waals surface area contributed by atoms with Crippen LogP contribution in [0.2, 0.25) is 0 Å². The van der Waals surface area contributed by atoms with E-state index >= 15 is 0 Å². The molecule has 0 amide bonds. The predicted molar refractivity (Wildman–Crippen MR) is 57.0 cm³/mol. The lowest BCUT2D eigenvalue weighted by atomic mass is 9.71. The molecule has 4 atom stereocenters. The highest BCUT2D eigenvalue weighted by Gasteiger charge is 2.57. The number of carbonyl (C=O) groups is 1. The third-order valence-corrected chi connectivity index (χ3v) is 4.81. The van der Waals surface area contributed by atoms with Crippen LogP contribution in [0.5, 0.6) is 0 Å². The lowest BCUT2D eigenvalue weighted by Gasteiger charge is -2.52. The summed E-state index contributed by atoms with van der Waals surface area (Å²) in [6.45, 7) is 8.40. The molecule has 0 aromatic carbocycles. The summed E-state index contributed by atoms with van der Waals surface area (Å²) in [7, 11) is 2.12.